The molecule has 0 amide bonds. The summed E-state index contributed by atoms with van der Waals surface area (Å²) in [5, 5.41) is 0. The predicted octanol–water partition coefficient (Wildman–Crippen LogP) is 1.11. The van der Waals surface area contributed by atoms with Gasteiger partial charge in [0.25, 0.3) is 0 Å². The van der Waals surface area contributed by atoms with E-state index >= 15 is 0 Å². The standard InChI is InChI=1S/C9H20F2N3/c1-7(10)14(8(2)11)9(12(3)4)13(5)6/h7-8H,1-6H3/q+1. The van der Waals surface area contributed by atoms with Gasteiger partial charge in [0.2, 0.25) is 12.6 Å². The summed E-state index contributed by atoms with van der Waals surface area (Å²) in [6.07, 6.45) is -2.70. The fourth-order valence-corrected chi connectivity index (χ4v) is 1.46. The topological polar surface area (TPSA) is 9.49 Å². The Morgan fingerprint density at radius 1 is 0.929 bits per heavy atom. The largest absolute Gasteiger partial charge is 0.354 e. The van der Waals surface area contributed by atoms with Crippen LogP contribution >= 0.6 is 0 Å². The van der Waals surface area contributed by atoms with Gasteiger partial charge in [-0.15, -0.1) is 0 Å². The quantitative estimate of drug-likeness (QED) is 0.291. The molecule has 0 aromatic rings. The fourth-order valence-electron chi connectivity index (χ4n) is 1.46. The van der Waals surface area contributed by atoms with Gasteiger partial charge in [0.15, 0.2) is 0 Å². The Bertz CT molecular complexity index is 168. The molecule has 0 aliphatic heterocycles. The third-order valence-corrected chi connectivity index (χ3v) is 1.80. The minimum atomic E-state index is -1.35. The summed E-state index contributed by atoms with van der Waals surface area (Å²) in [6.45, 7) is 2.64. The monoisotopic (exact) mass is 208 g/mol. The van der Waals surface area contributed by atoms with Crippen LogP contribution in [0.4, 0.5) is 8.78 Å². The molecule has 0 aliphatic carbocycles. The van der Waals surface area contributed by atoms with Crippen molar-refractivity contribution in [3.63, 3.8) is 0 Å². The van der Waals surface area contributed by atoms with Crippen LogP contribution in [-0.4, -0.2) is 61.1 Å². The van der Waals surface area contributed by atoms with Crippen molar-refractivity contribution in [1.29, 1.82) is 0 Å². The highest BCUT2D eigenvalue weighted by molar-refractivity contribution is 5.74. The van der Waals surface area contributed by atoms with E-state index in [2.05, 4.69) is 0 Å². The van der Waals surface area contributed by atoms with E-state index in [0.717, 1.165) is 4.58 Å². The second-order valence-corrected chi connectivity index (χ2v) is 3.64. The van der Waals surface area contributed by atoms with E-state index in [4.69, 9.17) is 0 Å². The molecule has 0 aliphatic rings. The highest BCUT2D eigenvalue weighted by Gasteiger charge is 2.26. The summed E-state index contributed by atoms with van der Waals surface area (Å²) in [4.78, 5) is 3.37. The second-order valence-electron chi connectivity index (χ2n) is 3.64. The van der Waals surface area contributed by atoms with Gasteiger partial charge in [-0.1, -0.05) is 0 Å². The van der Waals surface area contributed by atoms with Gasteiger partial charge >= 0.3 is 5.96 Å². The van der Waals surface area contributed by atoms with Gasteiger partial charge in [-0.3, -0.25) is 9.80 Å². The molecule has 84 valence electrons. The van der Waals surface area contributed by atoms with Gasteiger partial charge in [0.1, 0.15) is 0 Å². The maximum atomic E-state index is 13.2. The van der Waals surface area contributed by atoms with Crippen LogP contribution in [-0.2, 0) is 0 Å². The maximum absolute atomic E-state index is 13.2. The smallest absolute Gasteiger partial charge is 0.270 e. The van der Waals surface area contributed by atoms with Crippen LogP contribution in [0.1, 0.15) is 13.8 Å². The summed E-state index contributed by atoms with van der Waals surface area (Å²) >= 11 is 0. The number of guanidine groups is 1. The van der Waals surface area contributed by atoms with Gasteiger partial charge in [-0.05, 0) is 13.8 Å². The lowest BCUT2D eigenvalue weighted by Gasteiger charge is -2.22. The first-order chi connectivity index (χ1) is 6.29. The minimum Gasteiger partial charge on any atom is -0.270 e. The molecule has 3 nitrogen and oxygen atoms in total. The van der Waals surface area contributed by atoms with Gasteiger partial charge in [0, 0.05) is 0 Å². The first-order valence-corrected chi connectivity index (χ1v) is 4.57. The van der Waals surface area contributed by atoms with Gasteiger partial charge < -0.3 is 0 Å². The van der Waals surface area contributed by atoms with E-state index in [9.17, 15) is 8.78 Å². The van der Waals surface area contributed by atoms with Gasteiger partial charge in [-0.25, -0.2) is 13.4 Å². The zero-order valence-electron chi connectivity index (χ0n) is 9.75. The average molecular weight is 208 g/mol. The van der Waals surface area contributed by atoms with Gasteiger partial charge in [-0.2, -0.15) is 0 Å². The Balaban J connectivity index is 5.27. The highest BCUT2D eigenvalue weighted by atomic mass is 19.2. The van der Waals surface area contributed by atoms with Crippen LogP contribution in [0.15, 0.2) is 0 Å². The van der Waals surface area contributed by atoms with Crippen molar-refractivity contribution in [3.8, 4) is 0 Å². The minimum absolute atomic E-state index is 0.509. The molecule has 0 aromatic heterocycles. The van der Waals surface area contributed by atoms with Crippen molar-refractivity contribution in [1.82, 2.24) is 9.80 Å². The number of hydrogen-bond donors (Lipinski definition) is 0. The SMILES string of the molecule is CC(F)[N+](=C(N(C)C)N(C)C)C(C)F. The second kappa shape index (κ2) is 5.12. The van der Waals surface area contributed by atoms with Crippen LogP contribution in [0, 0.1) is 0 Å². The molecule has 2 atom stereocenters. The first kappa shape index (κ1) is 13.1. The summed E-state index contributed by atoms with van der Waals surface area (Å²) < 4.78 is 27.5. The Morgan fingerprint density at radius 2 is 1.21 bits per heavy atom. The van der Waals surface area contributed by atoms with E-state index in [-0.39, 0.29) is 0 Å². The molecule has 0 fully saturated rings. The first-order valence-electron chi connectivity index (χ1n) is 4.57. The molecule has 2 unspecified atom stereocenters. The number of rotatable bonds is 2. The Morgan fingerprint density at radius 3 is 1.29 bits per heavy atom. The van der Waals surface area contributed by atoms with Crippen molar-refractivity contribution >= 4 is 5.96 Å². The maximum Gasteiger partial charge on any atom is 0.354 e. The summed E-state index contributed by atoms with van der Waals surface area (Å²) in [7, 11) is 7.03. The van der Waals surface area contributed by atoms with E-state index in [1.165, 1.54) is 13.8 Å². The van der Waals surface area contributed by atoms with Crippen LogP contribution in [0.3, 0.4) is 0 Å². The molecule has 0 saturated heterocycles. The number of halogens is 2. The lowest BCUT2D eigenvalue weighted by Crippen LogP contribution is -2.47. The summed E-state index contributed by atoms with van der Waals surface area (Å²) in [5.41, 5.74) is 0. The Hall–Kier alpha value is -0.870. The van der Waals surface area contributed by atoms with E-state index < -0.39 is 12.6 Å². The molecule has 0 aromatic carbocycles. The lowest BCUT2D eigenvalue weighted by atomic mass is 10.5. The van der Waals surface area contributed by atoms with Crippen molar-refractivity contribution in [2.75, 3.05) is 28.2 Å². The lowest BCUT2D eigenvalue weighted by molar-refractivity contribution is -0.649. The molecular weight excluding hydrogens is 188 g/mol. The van der Waals surface area contributed by atoms with E-state index in [1.807, 2.05) is 0 Å². The Kier molecular flexibility index (Phi) is 4.80. The van der Waals surface area contributed by atoms with Crippen LogP contribution in [0.5, 0.6) is 0 Å². The van der Waals surface area contributed by atoms with Gasteiger partial charge in [0.05, 0.1) is 28.2 Å². The summed E-state index contributed by atoms with van der Waals surface area (Å²) in [6, 6.07) is 0. The molecule has 5 heteroatoms. The normalized spacial score (nSPS) is 14.6. The number of alkyl halides is 2. The molecule has 0 spiro atoms. The molecular formula is C9H20F2N3+. The van der Waals surface area contributed by atoms with Crippen LogP contribution in [0.2, 0.25) is 0 Å². The summed E-state index contributed by atoms with van der Waals surface area (Å²) in [5.74, 6) is 0.509. The van der Waals surface area contributed by atoms with Crippen molar-refractivity contribution in [3.05, 3.63) is 0 Å². The molecule has 0 bridgehead atoms. The molecule has 0 N–H and O–H groups in total. The molecule has 0 rings (SSSR count). The number of hydrogen-bond acceptors (Lipinski definition) is 0. The van der Waals surface area contributed by atoms with Crippen LogP contribution in [0.25, 0.3) is 0 Å². The third-order valence-electron chi connectivity index (χ3n) is 1.80. The number of nitrogens with zero attached hydrogens (tertiary/aromatic N) is 3. The average Bonchev–Trinajstić information content (AvgIpc) is 1.96. The fraction of sp³-hybridized carbons (Fsp3) is 0.889. The third kappa shape index (κ3) is 3.12. The zero-order valence-corrected chi connectivity index (χ0v) is 9.75. The van der Waals surface area contributed by atoms with Crippen molar-refractivity contribution < 1.29 is 13.4 Å². The predicted molar refractivity (Wildman–Crippen MR) is 53.8 cm³/mol. The molecule has 0 saturated carbocycles. The van der Waals surface area contributed by atoms with Crippen LogP contribution < -0.4 is 0 Å². The Labute approximate surface area is 84.6 Å². The molecule has 0 heterocycles. The molecule has 0 radical (unpaired) electrons. The highest BCUT2D eigenvalue weighted by Crippen LogP contribution is 2.04. The van der Waals surface area contributed by atoms with Crippen molar-refractivity contribution in [2.45, 2.75) is 26.4 Å². The van der Waals surface area contributed by atoms with Crippen molar-refractivity contribution in [2.24, 2.45) is 0 Å². The molecule has 14 heavy (non-hydrogen) atoms. The zero-order chi connectivity index (χ0) is 11.5. The van der Waals surface area contributed by atoms with E-state index in [0.29, 0.717) is 5.96 Å². The van der Waals surface area contributed by atoms with E-state index in [1.54, 1.807) is 38.0 Å².